The fourth-order valence-corrected chi connectivity index (χ4v) is 2.62. The summed E-state index contributed by atoms with van der Waals surface area (Å²) >= 11 is 5.93. The minimum Gasteiger partial charge on any atom is -0.389 e. The molecule has 1 aromatic rings. The summed E-state index contributed by atoms with van der Waals surface area (Å²) in [4.78, 5) is 0. The fourth-order valence-electron chi connectivity index (χ4n) is 2.49. The van der Waals surface area contributed by atoms with E-state index in [2.05, 4.69) is 17.4 Å². The highest BCUT2D eigenvalue weighted by molar-refractivity contribution is 6.30. The van der Waals surface area contributed by atoms with E-state index >= 15 is 0 Å². The minimum atomic E-state index is -0.454. The second kappa shape index (κ2) is 6.71. The molecule has 0 heterocycles. The Kier molecular flexibility index (Phi) is 5.22. The second-order valence-corrected chi connectivity index (χ2v) is 5.57. The number of rotatable bonds is 7. The van der Waals surface area contributed by atoms with E-state index in [1.165, 1.54) is 12.0 Å². The Bertz CT molecular complexity index is 390. The molecule has 2 N–H and O–H groups in total. The van der Waals surface area contributed by atoms with Crippen LogP contribution < -0.4 is 5.32 Å². The van der Waals surface area contributed by atoms with Gasteiger partial charge in [0.05, 0.1) is 12.7 Å². The molecule has 0 spiro atoms. The zero-order chi connectivity index (χ0) is 13.7. The average molecular weight is 284 g/mol. The van der Waals surface area contributed by atoms with Gasteiger partial charge in [-0.25, -0.2) is 0 Å². The maximum absolute atomic E-state index is 9.85. The normalized spacial score (nSPS) is 18.9. The average Bonchev–Trinajstić information content (AvgIpc) is 2.37. The molecule has 2 rings (SSSR count). The van der Waals surface area contributed by atoms with Crippen LogP contribution in [0.4, 0.5) is 0 Å². The highest BCUT2D eigenvalue weighted by Gasteiger charge is 2.38. The van der Waals surface area contributed by atoms with E-state index in [1.807, 2.05) is 19.1 Å². The monoisotopic (exact) mass is 283 g/mol. The van der Waals surface area contributed by atoms with Crippen LogP contribution in [0.1, 0.15) is 31.7 Å². The lowest BCUT2D eigenvalue weighted by Gasteiger charge is -2.44. The van der Waals surface area contributed by atoms with E-state index < -0.39 is 6.10 Å². The van der Waals surface area contributed by atoms with Crippen LogP contribution in [0.25, 0.3) is 0 Å². The number of aliphatic hydroxyl groups excluding tert-OH is 1. The summed E-state index contributed by atoms with van der Waals surface area (Å²) in [5.41, 5.74) is 1.27. The van der Waals surface area contributed by atoms with Crippen molar-refractivity contribution in [1.29, 1.82) is 0 Å². The maximum atomic E-state index is 9.85. The van der Waals surface area contributed by atoms with E-state index in [-0.39, 0.29) is 5.54 Å². The summed E-state index contributed by atoms with van der Waals surface area (Å²) < 4.78 is 5.23. The maximum Gasteiger partial charge on any atom is 0.0897 e. The third-order valence-corrected chi connectivity index (χ3v) is 4.05. The Labute approximate surface area is 119 Å². The predicted octanol–water partition coefficient (Wildman–Crippen LogP) is 2.71. The van der Waals surface area contributed by atoms with Crippen molar-refractivity contribution in [3.63, 3.8) is 0 Å². The van der Waals surface area contributed by atoms with Gasteiger partial charge >= 0.3 is 0 Å². The molecule has 0 radical (unpaired) electrons. The van der Waals surface area contributed by atoms with Gasteiger partial charge in [-0.2, -0.15) is 0 Å². The molecule has 0 aliphatic heterocycles. The lowest BCUT2D eigenvalue weighted by molar-refractivity contribution is 0.0323. The molecule has 1 aromatic carbocycles. The van der Waals surface area contributed by atoms with Crippen molar-refractivity contribution in [3.8, 4) is 0 Å². The van der Waals surface area contributed by atoms with Crippen molar-refractivity contribution in [1.82, 2.24) is 5.32 Å². The van der Waals surface area contributed by atoms with Gasteiger partial charge in [0, 0.05) is 23.7 Å². The molecule has 3 nitrogen and oxygen atoms in total. The molecule has 1 aliphatic rings. The lowest BCUT2D eigenvalue weighted by atomic mass is 9.72. The molecule has 0 bridgehead atoms. The quantitative estimate of drug-likeness (QED) is 0.808. The first kappa shape index (κ1) is 14.8. The number of nitrogens with one attached hydrogen (secondary N) is 1. The predicted molar refractivity (Wildman–Crippen MR) is 77.5 cm³/mol. The molecule has 0 amide bonds. The number of aliphatic hydroxyl groups is 1. The first-order valence-electron chi connectivity index (χ1n) is 6.93. The highest BCUT2D eigenvalue weighted by Crippen LogP contribution is 2.41. The Morgan fingerprint density at radius 2 is 2.05 bits per heavy atom. The van der Waals surface area contributed by atoms with Gasteiger partial charge < -0.3 is 15.2 Å². The Hall–Kier alpha value is -0.610. The second-order valence-electron chi connectivity index (χ2n) is 5.14. The number of halogens is 1. The first-order chi connectivity index (χ1) is 9.16. The van der Waals surface area contributed by atoms with Crippen LogP contribution in [0.3, 0.4) is 0 Å². The summed E-state index contributed by atoms with van der Waals surface area (Å²) in [5, 5.41) is 14.1. The zero-order valence-electron chi connectivity index (χ0n) is 11.4. The third kappa shape index (κ3) is 3.69. The summed E-state index contributed by atoms with van der Waals surface area (Å²) in [6, 6.07) is 8.00. The Balaban J connectivity index is 1.93. The van der Waals surface area contributed by atoms with Crippen molar-refractivity contribution in [3.05, 3.63) is 34.9 Å². The Morgan fingerprint density at radius 1 is 1.37 bits per heavy atom. The molecule has 19 heavy (non-hydrogen) atoms. The number of hydrogen-bond acceptors (Lipinski definition) is 3. The first-order valence-corrected chi connectivity index (χ1v) is 7.31. The topological polar surface area (TPSA) is 41.5 Å². The molecule has 0 saturated heterocycles. The van der Waals surface area contributed by atoms with Crippen molar-refractivity contribution < 1.29 is 9.84 Å². The molecular formula is C15H22ClNO2. The van der Waals surface area contributed by atoms with Crippen LogP contribution in [-0.4, -0.2) is 31.0 Å². The lowest BCUT2D eigenvalue weighted by Crippen LogP contribution is -2.51. The number of hydrogen-bond donors (Lipinski definition) is 2. The standard InChI is InChI=1S/C15H22ClNO2/c1-2-19-11-14(18)10-17-15(8-3-9-15)12-4-6-13(16)7-5-12/h4-7,14,17-18H,2-3,8-11H2,1H3/t14-/m0/s1. The van der Waals surface area contributed by atoms with Crippen LogP contribution in [0.5, 0.6) is 0 Å². The van der Waals surface area contributed by atoms with Crippen LogP contribution in [0, 0.1) is 0 Å². The number of benzene rings is 1. The van der Waals surface area contributed by atoms with Crippen LogP contribution >= 0.6 is 11.6 Å². The molecule has 106 valence electrons. The van der Waals surface area contributed by atoms with Gasteiger partial charge in [-0.3, -0.25) is 0 Å². The molecule has 1 aliphatic carbocycles. The van der Waals surface area contributed by atoms with Crippen LogP contribution in [-0.2, 0) is 10.3 Å². The summed E-state index contributed by atoms with van der Waals surface area (Å²) in [6.07, 6.45) is 2.98. The van der Waals surface area contributed by atoms with Gasteiger partial charge in [0.25, 0.3) is 0 Å². The van der Waals surface area contributed by atoms with E-state index in [4.69, 9.17) is 16.3 Å². The van der Waals surface area contributed by atoms with Gasteiger partial charge in [0.15, 0.2) is 0 Å². The van der Waals surface area contributed by atoms with Gasteiger partial charge in [0.2, 0.25) is 0 Å². The van der Waals surface area contributed by atoms with E-state index in [9.17, 15) is 5.11 Å². The zero-order valence-corrected chi connectivity index (χ0v) is 12.1. The highest BCUT2D eigenvalue weighted by atomic mass is 35.5. The summed E-state index contributed by atoms with van der Waals surface area (Å²) in [7, 11) is 0. The minimum absolute atomic E-state index is 0.0117. The van der Waals surface area contributed by atoms with Crippen LogP contribution in [0.2, 0.25) is 5.02 Å². The van der Waals surface area contributed by atoms with Gasteiger partial charge in [-0.15, -0.1) is 0 Å². The van der Waals surface area contributed by atoms with Crippen molar-refractivity contribution >= 4 is 11.6 Å². The summed E-state index contributed by atoms with van der Waals surface area (Å²) in [5.74, 6) is 0. The third-order valence-electron chi connectivity index (χ3n) is 3.79. The summed E-state index contributed by atoms with van der Waals surface area (Å²) in [6.45, 7) is 3.52. The molecule has 4 heteroatoms. The van der Waals surface area contributed by atoms with E-state index in [0.29, 0.717) is 19.8 Å². The number of ether oxygens (including phenoxy) is 1. The van der Waals surface area contributed by atoms with Crippen molar-refractivity contribution in [2.45, 2.75) is 37.8 Å². The van der Waals surface area contributed by atoms with E-state index in [0.717, 1.165) is 17.9 Å². The molecule has 0 aromatic heterocycles. The van der Waals surface area contributed by atoms with Crippen molar-refractivity contribution in [2.75, 3.05) is 19.8 Å². The molecule has 1 saturated carbocycles. The van der Waals surface area contributed by atoms with Crippen molar-refractivity contribution in [2.24, 2.45) is 0 Å². The van der Waals surface area contributed by atoms with Gasteiger partial charge in [-0.05, 0) is 43.9 Å². The Morgan fingerprint density at radius 3 is 2.58 bits per heavy atom. The van der Waals surface area contributed by atoms with Gasteiger partial charge in [-0.1, -0.05) is 23.7 Å². The van der Waals surface area contributed by atoms with Crippen LogP contribution in [0.15, 0.2) is 24.3 Å². The largest absolute Gasteiger partial charge is 0.389 e. The smallest absolute Gasteiger partial charge is 0.0897 e. The fraction of sp³-hybridized carbons (Fsp3) is 0.600. The molecular weight excluding hydrogens is 262 g/mol. The molecule has 1 atom stereocenters. The van der Waals surface area contributed by atoms with Gasteiger partial charge in [0.1, 0.15) is 0 Å². The SMILES string of the molecule is CCOC[C@@H](O)CNC1(c2ccc(Cl)cc2)CCC1. The van der Waals surface area contributed by atoms with E-state index in [1.54, 1.807) is 0 Å². The molecule has 1 fully saturated rings. The molecule has 0 unspecified atom stereocenters.